The van der Waals surface area contributed by atoms with Crippen molar-refractivity contribution in [3.05, 3.63) is 51.9 Å². The number of nitrogens with zero attached hydrogens (tertiary/aromatic N) is 1. The van der Waals surface area contributed by atoms with Gasteiger partial charge >= 0.3 is 5.97 Å². The van der Waals surface area contributed by atoms with Gasteiger partial charge in [0.15, 0.2) is 0 Å². The zero-order valence-corrected chi connectivity index (χ0v) is 14.8. The van der Waals surface area contributed by atoms with Crippen molar-refractivity contribution in [2.75, 3.05) is 0 Å². The highest BCUT2D eigenvalue weighted by molar-refractivity contribution is 7.91. The third kappa shape index (κ3) is 3.58. The Balaban J connectivity index is 1.97. The van der Waals surface area contributed by atoms with Crippen LogP contribution in [0.4, 0.5) is 8.78 Å². The van der Waals surface area contributed by atoms with Crippen LogP contribution in [0.15, 0.2) is 28.5 Å². The molecular formula is C16H15F2NO4S2. The van der Waals surface area contributed by atoms with E-state index >= 15 is 0 Å². The van der Waals surface area contributed by atoms with Gasteiger partial charge in [-0.15, -0.1) is 11.3 Å². The molecule has 1 heterocycles. The average Bonchev–Trinajstić information content (AvgIpc) is 3.26. The molecule has 3 rings (SSSR count). The van der Waals surface area contributed by atoms with Gasteiger partial charge in [-0.25, -0.2) is 22.0 Å². The maximum absolute atomic E-state index is 13.9. The summed E-state index contributed by atoms with van der Waals surface area (Å²) in [5.74, 6) is -2.73. The number of aryl methyl sites for hydroxylation is 1. The summed E-state index contributed by atoms with van der Waals surface area (Å²) >= 11 is 0.682. The molecule has 1 fully saturated rings. The number of rotatable bonds is 6. The summed E-state index contributed by atoms with van der Waals surface area (Å²) in [7, 11) is -3.97. The van der Waals surface area contributed by atoms with Crippen LogP contribution in [0.2, 0.25) is 0 Å². The molecule has 0 amide bonds. The fourth-order valence-electron chi connectivity index (χ4n) is 2.50. The smallest absolute Gasteiger partial charge is 0.346 e. The molecule has 1 saturated carbocycles. The molecule has 0 aliphatic heterocycles. The summed E-state index contributed by atoms with van der Waals surface area (Å²) in [6.45, 7) is 1.30. The van der Waals surface area contributed by atoms with E-state index in [1.54, 1.807) is 0 Å². The van der Waals surface area contributed by atoms with Crippen LogP contribution in [-0.2, 0) is 16.6 Å². The lowest BCUT2D eigenvalue weighted by Crippen LogP contribution is -2.32. The second-order valence-electron chi connectivity index (χ2n) is 5.90. The molecule has 0 bridgehead atoms. The van der Waals surface area contributed by atoms with Gasteiger partial charge in [0.25, 0.3) is 10.0 Å². The van der Waals surface area contributed by atoms with Gasteiger partial charge < -0.3 is 5.11 Å². The SMILES string of the molecule is Cc1cc(S(=O)(=O)N(Cc2ccc(F)cc2F)C2CC2)sc1C(=O)O. The first-order valence-corrected chi connectivity index (χ1v) is 9.75. The highest BCUT2D eigenvalue weighted by atomic mass is 32.2. The number of thiophene rings is 1. The van der Waals surface area contributed by atoms with Crippen molar-refractivity contribution in [2.24, 2.45) is 0 Å². The van der Waals surface area contributed by atoms with Gasteiger partial charge in [-0.1, -0.05) is 6.07 Å². The summed E-state index contributed by atoms with van der Waals surface area (Å²) in [5.41, 5.74) is 0.434. The van der Waals surface area contributed by atoms with Gasteiger partial charge in [0.05, 0.1) is 0 Å². The highest BCUT2D eigenvalue weighted by Gasteiger charge is 2.39. The Hall–Kier alpha value is -1.84. The Bertz CT molecular complexity index is 936. The van der Waals surface area contributed by atoms with E-state index in [2.05, 4.69) is 0 Å². The van der Waals surface area contributed by atoms with Crippen molar-refractivity contribution in [1.29, 1.82) is 0 Å². The van der Waals surface area contributed by atoms with Crippen LogP contribution in [0.3, 0.4) is 0 Å². The maximum Gasteiger partial charge on any atom is 0.346 e. The standard InChI is InChI=1S/C16H15F2NO4S2/c1-9-6-14(24-15(9)16(20)21)25(22,23)19(12-4-5-12)8-10-2-3-11(17)7-13(10)18/h2-3,6-7,12H,4-5,8H2,1H3,(H,20,21). The van der Waals surface area contributed by atoms with Crippen LogP contribution in [0.25, 0.3) is 0 Å². The monoisotopic (exact) mass is 387 g/mol. The maximum atomic E-state index is 13.9. The van der Waals surface area contributed by atoms with Crippen molar-refractivity contribution in [3.63, 3.8) is 0 Å². The molecule has 9 heteroatoms. The number of carboxylic acids is 1. The molecule has 1 N–H and O–H groups in total. The molecule has 0 unspecified atom stereocenters. The van der Waals surface area contributed by atoms with Gasteiger partial charge in [0, 0.05) is 24.2 Å². The molecule has 2 aromatic rings. The zero-order chi connectivity index (χ0) is 18.4. The third-order valence-electron chi connectivity index (χ3n) is 3.95. The van der Waals surface area contributed by atoms with Gasteiger partial charge in [0.1, 0.15) is 20.7 Å². The molecule has 5 nitrogen and oxygen atoms in total. The number of carboxylic acid groups (broad SMARTS) is 1. The highest BCUT2D eigenvalue weighted by Crippen LogP contribution is 2.37. The van der Waals surface area contributed by atoms with E-state index in [1.165, 1.54) is 23.4 Å². The zero-order valence-electron chi connectivity index (χ0n) is 13.2. The Morgan fingerprint density at radius 1 is 1.32 bits per heavy atom. The Morgan fingerprint density at radius 3 is 2.52 bits per heavy atom. The topological polar surface area (TPSA) is 74.7 Å². The van der Waals surface area contributed by atoms with Crippen LogP contribution in [-0.4, -0.2) is 29.8 Å². The van der Waals surface area contributed by atoms with E-state index in [1.807, 2.05) is 0 Å². The summed E-state index contributed by atoms with van der Waals surface area (Å²) in [6.07, 6.45) is 1.30. The first-order chi connectivity index (χ1) is 11.7. The van der Waals surface area contributed by atoms with E-state index in [9.17, 15) is 22.0 Å². The van der Waals surface area contributed by atoms with Crippen LogP contribution in [0, 0.1) is 18.6 Å². The molecule has 1 aromatic carbocycles. The summed E-state index contributed by atoms with van der Waals surface area (Å²) in [6, 6.07) is 4.07. The average molecular weight is 387 g/mol. The van der Waals surface area contributed by atoms with Crippen LogP contribution in [0.1, 0.15) is 33.6 Å². The second-order valence-corrected chi connectivity index (χ2v) is 9.07. The Labute approximate surface area is 147 Å². The number of halogens is 2. The van der Waals surface area contributed by atoms with Crippen molar-refractivity contribution in [1.82, 2.24) is 4.31 Å². The molecule has 1 aliphatic rings. The Morgan fingerprint density at radius 2 is 2.00 bits per heavy atom. The fraction of sp³-hybridized carbons (Fsp3) is 0.312. The van der Waals surface area contributed by atoms with Crippen molar-refractivity contribution < 1.29 is 27.1 Å². The number of benzene rings is 1. The molecule has 134 valence electrons. The second kappa shape index (κ2) is 6.47. The van der Waals surface area contributed by atoms with Gasteiger partial charge in [-0.2, -0.15) is 4.31 Å². The predicted octanol–water partition coefficient (Wildman–Crippen LogP) is 3.39. The third-order valence-corrected chi connectivity index (χ3v) is 7.52. The molecule has 0 atom stereocenters. The largest absolute Gasteiger partial charge is 0.477 e. The molecular weight excluding hydrogens is 372 g/mol. The lowest BCUT2D eigenvalue weighted by atomic mass is 10.2. The van der Waals surface area contributed by atoms with Gasteiger partial charge in [-0.3, -0.25) is 0 Å². The van der Waals surface area contributed by atoms with E-state index in [4.69, 9.17) is 5.11 Å². The first-order valence-electron chi connectivity index (χ1n) is 7.49. The molecule has 1 aliphatic carbocycles. The van der Waals surface area contributed by atoms with Crippen molar-refractivity contribution >= 4 is 27.3 Å². The molecule has 1 aromatic heterocycles. The Kier molecular flexibility index (Phi) is 4.65. The summed E-state index contributed by atoms with van der Waals surface area (Å²) in [4.78, 5) is 11.1. The minimum absolute atomic E-state index is 0.0396. The van der Waals surface area contributed by atoms with E-state index in [0.29, 0.717) is 35.8 Å². The van der Waals surface area contributed by atoms with Crippen LogP contribution in [0.5, 0.6) is 0 Å². The molecule has 0 radical (unpaired) electrons. The molecule has 0 spiro atoms. The quantitative estimate of drug-likeness (QED) is 0.825. The molecule has 25 heavy (non-hydrogen) atoms. The number of sulfonamides is 1. The van der Waals surface area contributed by atoms with Gasteiger partial charge in [-0.05, 0) is 37.5 Å². The van der Waals surface area contributed by atoms with Crippen LogP contribution >= 0.6 is 11.3 Å². The number of hydrogen-bond donors (Lipinski definition) is 1. The summed E-state index contributed by atoms with van der Waals surface area (Å²) in [5, 5.41) is 9.12. The molecule has 0 saturated heterocycles. The first kappa shape index (κ1) is 18.0. The van der Waals surface area contributed by atoms with E-state index < -0.39 is 27.6 Å². The normalized spacial score (nSPS) is 14.9. The predicted molar refractivity (Wildman–Crippen MR) is 88.1 cm³/mol. The van der Waals surface area contributed by atoms with E-state index in [0.717, 1.165) is 6.07 Å². The van der Waals surface area contributed by atoms with Crippen molar-refractivity contribution in [2.45, 2.75) is 36.6 Å². The minimum atomic E-state index is -3.97. The lowest BCUT2D eigenvalue weighted by Gasteiger charge is -2.21. The van der Waals surface area contributed by atoms with Crippen molar-refractivity contribution in [3.8, 4) is 0 Å². The number of carbonyl (C=O) groups is 1. The lowest BCUT2D eigenvalue weighted by molar-refractivity contribution is 0.0701. The fourth-order valence-corrected chi connectivity index (χ4v) is 5.67. The van der Waals surface area contributed by atoms with Crippen LogP contribution < -0.4 is 0 Å². The minimum Gasteiger partial charge on any atom is -0.477 e. The summed E-state index contributed by atoms with van der Waals surface area (Å²) < 4.78 is 53.9. The van der Waals surface area contributed by atoms with E-state index in [-0.39, 0.29) is 27.2 Å². The number of aromatic carboxylic acids is 1. The van der Waals surface area contributed by atoms with Gasteiger partial charge in [0.2, 0.25) is 0 Å². The number of hydrogen-bond acceptors (Lipinski definition) is 4.